The van der Waals surface area contributed by atoms with E-state index in [1.807, 2.05) is 0 Å². The Morgan fingerprint density at radius 1 is 1.12 bits per heavy atom. The summed E-state index contributed by atoms with van der Waals surface area (Å²) < 4.78 is 85.3. The first kappa shape index (κ1) is 14.8. The fraction of sp³-hybridized carbons (Fsp3) is 1.00. The molecule has 1 aliphatic rings. The predicted molar refractivity (Wildman–Crippen MR) is 48.6 cm³/mol. The number of hydrogen-bond donors (Lipinski definition) is 0. The number of halogens is 6. The van der Waals surface area contributed by atoms with Gasteiger partial charge in [-0.3, -0.25) is 0 Å². The summed E-state index contributed by atoms with van der Waals surface area (Å²) in [7, 11) is -2.33. The Kier molecular flexibility index (Phi) is 3.59. The van der Waals surface area contributed by atoms with Crippen molar-refractivity contribution in [2.24, 2.45) is 0 Å². The second-order valence-electron chi connectivity index (χ2n) is 4.12. The van der Waals surface area contributed by atoms with Gasteiger partial charge in [-0.25, -0.2) is 0 Å². The van der Waals surface area contributed by atoms with Crippen LogP contribution >= 0.6 is 0 Å². The molecular formula is C8H12F6O2Si. The van der Waals surface area contributed by atoms with E-state index in [9.17, 15) is 26.3 Å². The smallest absolute Gasteiger partial charge is 0.398 e. The molecule has 17 heavy (non-hydrogen) atoms. The topological polar surface area (TPSA) is 18.5 Å². The van der Waals surface area contributed by atoms with Gasteiger partial charge in [-0.15, -0.1) is 0 Å². The average Bonchev–Trinajstić information content (AvgIpc) is 2.14. The van der Waals surface area contributed by atoms with Crippen molar-refractivity contribution in [1.82, 2.24) is 0 Å². The van der Waals surface area contributed by atoms with Gasteiger partial charge in [-0.1, -0.05) is 0 Å². The van der Waals surface area contributed by atoms with Crippen LogP contribution in [0.15, 0.2) is 0 Å². The molecule has 1 saturated heterocycles. The van der Waals surface area contributed by atoms with Crippen molar-refractivity contribution in [2.45, 2.75) is 43.4 Å². The molecule has 1 unspecified atom stereocenters. The first-order valence-corrected chi connectivity index (χ1v) is 7.39. The quantitative estimate of drug-likeness (QED) is 0.542. The van der Waals surface area contributed by atoms with Gasteiger partial charge >= 0.3 is 20.9 Å². The Bertz CT molecular complexity index is 275. The van der Waals surface area contributed by atoms with Gasteiger partial charge in [0, 0.05) is 7.11 Å². The lowest BCUT2D eigenvalue weighted by Crippen LogP contribution is -2.66. The normalized spacial score (nSPS) is 30.4. The highest BCUT2D eigenvalue weighted by molar-refractivity contribution is 6.66. The fourth-order valence-electron chi connectivity index (χ4n) is 1.83. The van der Waals surface area contributed by atoms with Crippen molar-refractivity contribution >= 4 is 8.56 Å². The summed E-state index contributed by atoms with van der Waals surface area (Å²) in [6.45, 7) is 1.21. The first-order chi connectivity index (χ1) is 7.47. The highest BCUT2D eigenvalue weighted by Gasteiger charge is 2.74. The van der Waals surface area contributed by atoms with E-state index in [4.69, 9.17) is 4.43 Å². The van der Waals surface area contributed by atoms with E-state index >= 15 is 0 Å². The van der Waals surface area contributed by atoms with Crippen molar-refractivity contribution in [2.75, 3.05) is 7.11 Å². The fourth-order valence-corrected chi connectivity index (χ4v) is 4.11. The number of rotatable bonds is 1. The van der Waals surface area contributed by atoms with Gasteiger partial charge in [0.15, 0.2) is 0 Å². The molecule has 0 saturated carbocycles. The third kappa shape index (κ3) is 2.45. The molecular weight excluding hydrogens is 270 g/mol. The molecule has 0 N–H and O–H groups in total. The maximum Gasteiger partial charge on any atom is 0.425 e. The Morgan fingerprint density at radius 2 is 1.59 bits per heavy atom. The molecule has 1 rings (SSSR count). The minimum Gasteiger partial charge on any atom is -0.398 e. The third-order valence-corrected chi connectivity index (χ3v) is 5.80. The minimum absolute atomic E-state index is 0.122. The standard InChI is InChI=1S/C8H12F6O2Si/c1-15-17(2)5-3-4-6(16-17,7(9,10)11)8(12,13)14/h3-5H2,1-2H3. The van der Waals surface area contributed by atoms with Gasteiger partial charge in [-0.2, -0.15) is 26.3 Å². The van der Waals surface area contributed by atoms with Gasteiger partial charge in [0.05, 0.1) is 0 Å². The molecule has 0 bridgehead atoms. The molecule has 1 aliphatic heterocycles. The Hall–Kier alpha value is -0.283. The van der Waals surface area contributed by atoms with E-state index in [0.29, 0.717) is 0 Å². The molecule has 0 amide bonds. The summed E-state index contributed by atoms with van der Waals surface area (Å²) in [5.41, 5.74) is -4.07. The lowest BCUT2D eigenvalue weighted by molar-refractivity contribution is -0.368. The van der Waals surface area contributed by atoms with Gasteiger partial charge < -0.3 is 8.85 Å². The summed E-state index contributed by atoms with van der Waals surface area (Å²) in [4.78, 5) is 0. The average molecular weight is 282 g/mol. The van der Waals surface area contributed by atoms with Crippen LogP contribution in [0.3, 0.4) is 0 Å². The minimum atomic E-state index is -5.49. The van der Waals surface area contributed by atoms with E-state index in [0.717, 1.165) is 7.11 Å². The lowest BCUT2D eigenvalue weighted by atomic mass is 9.96. The van der Waals surface area contributed by atoms with E-state index in [2.05, 4.69) is 4.43 Å². The first-order valence-electron chi connectivity index (χ1n) is 4.86. The van der Waals surface area contributed by atoms with Gasteiger partial charge in [0.2, 0.25) is 0 Å². The van der Waals surface area contributed by atoms with Gasteiger partial charge in [0.25, 0.3) is 5.60 Å². The zero-order valence-electron chi connectivity index (χ0n) is 9.21. The molecule has 1 heterocycles. The highest BCUT2D eigenvalue weighted by atomic mass is 28.4. The summed E-state index contributed by atoms with van der Waals surface area (Å²) >= 11 is 0. The lowest BCUT2D eigenvalue weighted by Gasteiger charge is -2.45. The van der Waals surface area contributed by atoms with E-state index in [1.165, 1.54) is 6.55 Å². The molecule has 0 spiro atoms. The molecule has 9 heteroatoms. The van der Waals surface area contributed by atoms with Gasteiger partial charge in [0.1, 0.15) is 0 Å². The SMILES string of the molecule is CO[Si]1(C)CCCC(C(F)(F)F)(C(F)(F)F)O1. The molecule has 102 valence electrons. The molecule has 0 aromatic rings. The van der Waals surface area contributed by atoms with Crippen LogP contribution in [-0.4, -0.2) is 33.6 Å². The van der Waals surface area contributed by atoms with Crippen molar-refractivity contribution in [3.8, 4) is 0 Å². The highest BCUT2D eigenvalue weighted by Crippen LogP contribution is 2.53. The molecule has 0 radical (unpaired) electrons. The van der Waals surface area contributed by atoms with Crippen molar-refractivity contribution in [3.63, 3.8) is 0 Å². The van der Waals surface area contributed by atoms with Crippen molar-refractivity contribution in [1.29, 1.82) is 0 Å². The van der Waals surface area contributed by atoms with E-state index in [-0.39, 0.29) is 12.5 Å². The van der Waals surface area contributed by atoms with Crippen LogP contribution in [0.1, 0.15) is 12.8 Å². The molecule has 0 aromatic heterocycles. The van der Waals surface area contributed by atoms with Crippen LogP contribution < -0.4 is 0 Å². The van der Waals surface area contributed by atoms with Crippen LogP contribution in [0.4, 0.5) is 26.3 Å². The second kappa shape index (κ2) is 4.13. The summed E-state index contributed by atoms with van der Waals surface area (Å²) in [6.07, 6.45) is -12.3. The van der Waals surface area contributed by atoms with Crippen LogP contribution in [0, 0.1) is 0 Å². The molecule has 1 fully saturated rings. The third-order valence-electron chi connectivity index (χ3n) is 2.90. The largest absolute Gasteiger partial charge is 0.425 e. The maximum atomic E-state index is 12.7. The molecule has 2 nitrogen and oxygen atoms in total. The monoisotopic (exact) mass is 282 g/mol. The van der Waals surface area contributed by atoms with E-state index in [1.54, 1.807) is 0 Å². The summed E-state index contributed by atoms with van der Waals surface area (Å²) in [6, 6.07) is 0.122. The predicted octanol–water partition coefficient (Wildman–Crippen LogP) is 3.38. The molecule has 0 aromatic carbocycles. The summed E-state index contributed by atoms with van der Waals surface area (Å²) in [5, 5.41) is 0. The molecule has 0 aliphatic carbocycles. The van der Waals surface area contributed by atoms with Crippen molar-refractivity contribution in [3.05, 3.63) is 0 Å². The Balaban J connectivity index is 3.18. The zero-order chi connectivity index (χ0) is 13.5. The van der Waals surface area contributed by atoms with Gasteiger partial charge in [-0.05, 0) is 25.4 Å². The Labute approximate surface area is 95.1 Å². The summed E-state index contributed by atoms with van der Waals surface area (Å²) in [5.74, 6) is 0. The van der Waals surface area contributed by atoms with Crippen LogP contribution in [0.2, 0.25) is 12.6 Å². The molecule has 1 atom stereocenters. The Morgan fingerprint density at radius 3 is 1.94 bits per heavy atom. The zero-order valence-corrected chi connectivity index (χ0v) is 10.2. The van der Waals surface area contributed by atoms with Crippen LogP contribution in [0.5, 0.6) is 0 Å². The number of alkyl halides is 6. The maximum absolute atomic E-state index is 12.7. The number of hydrogen-bond acceptors (Lipinski definition) is 2. The van der Waals surface area contributed by atoms with E-state index < -0.39 is 32.9 Å². The second-order valence-corrected chi connectivity index (χ2v) is 7.50. The van der Waals surface area contributed by atoms with Crippen LogP contribution in [-0.2, 0) is 8.85 Å². The van der Waals surface area contributed by atoms with Crippen LogP contribution in [0.25, 0.3) is 0 Å². The van der Waals surface area contributed by atoms with Crippen molar-refractivity contribution < 1.29 is 35.2 Å².